The summed E-state index contributed by atoms with van der Waals surface area (Å²) >= 11 is 0. The Hall–Kier alpha value is -0.887. The molecule has 1 aromatic rings. The molecular formula is C11H14O3Zn. The smallest absolute Gasteiger partial charge is 0.872 e. The van der Waals surface area contributed by atoms with Gasteiger partial charge in [0.15, 0.2) is 0 Å². The summed E-state index contributed by atoms with van der Waals surface area (Å²) in [5.74, 6) is -1.62. The molecule has 0 aliphatic heterocycles. The van der Waals surface area contributed by atoms with Crippen molar-refractivity contribution in [1.82, 2.24) is 0 Å². The van der Waals surface area contributed by atoms with Gasteiger partial charge < -0.3 is 17.1 Å². The van der Waals surface area contributed by atoms with Gasteiger partial charge in [-0.05, 0) is 6.07 Å². The van der Waals surface area contributed by atoms with E-state index in [9.17, 15) is 9.90 Å². The Morgan fingerprint density at radius 1 is 1.47 bits per heavy atom. The number of unbranched alkanes of at least 4 members (excludes halogenated alkanes) is 1. The first kappa shape index (κ1) is 16.5. The number of hydrogen-bond acceptors (Lipinski definition) is 2. The van der Waals surface area contributed by atoms with Gasteiger partial charge in [0.25, 0.3) is 0 Å². The number of aromatic carboxylic acids is 1. The number of carboxylic acids is 1. The van der Waals surface area contributed by atoms with E-state index in [2.05, 4.69) is 13.8 Å². The summed E-state index contributed by atoms with van der Waals surface area (Å²) in [5, 5.41) is 19.0. The topological polar surface area (TPSA) is 60.4 Å². The summed E-state index contributed by atoms with van der Waals surface area (Å²) in [6, 6.07) is 5.54. The second kappa shape index (κ2) is 9.66. The molecule has 78 valence electrons. The maximum atomic E-state index is 10.7. The van der Waals surface area contributed by atoms with Gasteiger partial charge in [0.05, 0.1) is 5.56 Å². The van der Waals surface area contributed by atoms with Crippen LogP contribution in [0.1, 0.15) is 30.1 Å². The number of benzene rings is 1. The van der Waals surface area contributed by atoms with Crippen molar-refractivity contribution in [3.05, 3.63) is 36.8 Å². The average molecular weight is 260 g/mol. The molecule has 0 heterocycles. The van der Waals surface area contributed by atoms with Crippen LogP contribution in [0, 0.1) is 6.92 Å². The summed E-state index contributed by atoms with van der Waals surface area (Å²) in [6.45, 7) is 5.72. The van der Waals surface area contributed by atoms with Crippen molar-refractivity contribution in [3.8, 4) is 5.75 Å². The molecule has 4 heteroatoms. The molecule has 3 nitrogen and oxygen atoms in total. The van der Waals surface area contributed by atoms with Crippen LogP contribution < -0.4 is 5.11 Å². The molecule has 0 atom stereocenters. The van der Waals surface area contributed by atoms with E-state index < -0.39 is 11.7 Å². The largest absolute Gasteiger partial charge is 2.00 e. The predicted molar refractivity (Wildman–Crippen MR) is 53.1 cm³/mol. The van der Waals surface area contributed by atoms with Crippen molar-refractivity contribution < 1.29 is 34.5 Å². The molecule has 0 saturated carbocycles. The van der Waals surface area contributed by atoms with E-state index in [1.807, 2.05) is 0 Å². The summed E-state index contributed by atoms with van der Waals surface area (Å²) in [6.07, 6.45) is 2.28. The Balaban J connectivity index is 0. The Morgan fingerprint density at radius 3 is 2.20 bits per heavy atom. The molecule has 1 N–H and O–H groups in total. The van der Waals surface area contributed by atoms with Crippen LogP contribution in [0.2, 0.25) is 0 Å². The third-order valence-corrected chi connectivity index (χ3v) is 1.47. The van der Waals surface area contributed by atoms with Crippen LogP contribution in [0.3, 0.4) is 0 Å². The maximum Gasteiger partial charge on any atom is 2.00 e. The monoisotopic (exact) mass is 258 g/mol. The normalized spacial score (nSPS) is 8.13. The third kappa shape index (κ3) is 7.09. The van der Waals surface area contributed by atoms with Gasteiger partial charge in [0, 0.05) is 0 Å². The van der Waals surface area contributed by atoms with Gasteiger partial charge >= 0.3 is 25.4 Å². The van der Waals surface area contributed by atoms with Crippen LogP contribution in [0.25, 0.3) is 0 Å². The fourth-order valence-electron chi connectivity index (χ4n) is 0.643. The number of para-hydroxylation sites is 1. The molecule has 0 bridgehead atoms. The number of carboxylic acid groups (broad SMARTS) is 1. The van der Waals surface area contributed by atoms with Gasteiger partial charge in [-0.3, -0.25) is 0 Å². The number of carbonyl (C=O) groups is 1. The van der Waals surface area contributed by atoms with Gasteiger partial charge in [-0.15, -0.1) is 0 Å². The van der Waals surface area contributed by atoms with Crippen LogP contribution in [0.4, 0.5) is 0 Å². The summed E-state index contributed by atoms with van der Waals surface area (Å²) in [7, 11) is 0. The molecular weight excluding hydrogens is 246 g/mol. The van der Waals surface area contributed by atoms with Crippen molar-refractivity contribution in [1.29, 1.82) is 0 Å². The minimum atomic E-state index is -1.18. The quantitative estimate of drug-likeness (QED) is 0.653. The minimum absolute atomic E-state index is 0. The Labute approximate surface area is 103 Å². The van der Waals surface area contributed by atoms with E-state index >= 15 is 0 Å². The van der Waals surface area contributed by atoms with Gasteiger partial charge in [-0.1, -0.05) is 37.3 Å². The van der Waals surface area contributed by atoms with E-state index in [-0.39, 0.29) is 25.0 Å². The molecule has 0 radical (unpaired) electrons. The number of rotatable bonds is 2. The summed E-state index contributed by atoms with van der Waals surface area (Å²) in [4.78, 5) is 10.2. The predicted octanol–water partition coefficient (Wildman–Crippen LogP) is 2.08. The van der Waals surface area contributed by atoms with Crippen molar-refractivity contribution >= 4 is 5.97 Å². The molecule has 0 aromatic heterocycles. The molecule has 0 spiro atoms. The standard InChI is InChI=1S/C7H6O3.C4H9.Zn/c8-6-4-2-1-3-5(6)7(9)10;1-3-4-2;/h1-4,8H,(H,9,10);1,3-4H2,2H3;/q;-1;+2/p-1. The van der Waals surface area contributed by atoms with E-state index in [1.165, 1.54) is 30.7 Å². The van der Waals surface area contributed by atoms with E-state index in [4.69, 9.17) is 5.11 Å². The van der Waals surface area contributed by atoms with Crippen LogP contribution >= 0.6 is 0 Å². The average Bonchev–Trinajstić information content (AvgIpc) is 2.18. The van der Waals surface area contributed by atoms with Crippen molar-refractivity contribution in [2.75, 3.05) is 0 Å². The van der Waals surface area contributed by atoms with Crippen molar-refractivity contribution in [3.63, 3.8) is 0 Å². The van der Waals surface area contributed by atoms with Crippen LogP contribution in [-0.4, -0.2) is 11.1 Å². The Morgan fingerprint density at radius 2 is 1.93 bits per heavy atom. The molecule has 0 saturated heterocycles. The van der Waals surface area contributed by atoms with Gasteiger partial charge in [-0.25, -0.2) is 4.79 Å². The van der Waals surface area contributed by atoms with Crippen LogP contribution in [0.15, 0.2) is 24.3 Å². The second-order valence-corrected chi connectivity index (χ2v) is 2.65. The van der Waals surface area contributed by atoms with Crippen molar-refractivity contribution in [2.24, 2.45) is 0 Å². The third-order valence-electron chi connectivity index (χ3n) is 1.47. The van der Waals surface area contributed by atoms with Gasteiger partial charge in [-0.2, -0.15) is 6.42 Å². The zero-order chi connectivity index (χ0) is 11.0. The summed E-state index contributed by atoms with van der Waals surface area (Å²) < 4.78 is 0. The molecule has 0 unspecified atom stereocenters. The second-order valence-electron chi connectivity index (χ2n) is 2.65. The van der Waals surface area contributed by atoms with Crippen LogP contribution in [-0.2, 0) is 19.5 Å². The molecule has 15 heavy (non-hydrogen) atoms. The fraction of sp³-hybridized carbons (Fsp3) is 0.273. The molecule has 1 aromatic carbocycles. The molecule has 0 aliphatic carbocycles. The van der Waals surface area contributed by atoms with Gasteiger partial charge in [0.1, 0.15) is 0 Å². The Kier molecular flexibility index (Phi) is 10.7. The zero-order valence-corrected chi connectivity index (χ0v) is 11.9. The first-order chi connectivity index (χ1) is 6.63. The number of hydrogen-bond donors (Lipinski definition) is 1. The van der Waals surface area contributed by atoms with Crippen LogP contribution in [0.5, 0.6) is 5.75 Å². The van der Waals surface area contributed by atoms with E-state index in [0.29, 0.717) is 0 Å². The van der Waals surface area contributed by atoms with Gasteiger partial charge in [0.2, 0.25) is 0 Å². The molecule has 0 aliphatic rings. The fourth-order valence-corrected chi connectivity index (χ4v) is 0.643. The zero-order valence-electron chi connectivity index (χ0n) is 8.90. The molecule has 1 rings (SSSR count). The maximum absolute atomic E-state index is 10.7. The minimum Gasteiger partial charge on any atom is -0.872 e. The Bertz CT molecular complexity index is 285. The summed E-state index contributed by atoms with van der Waals surface area (Å²) in [5.41, 5.74) is -0.178. The van der Waals surface area contributed by atoms with E-state index in [0.717, 1.165) is 6.42 Å². The first-order valence-electron chi connectivity index (χ1n) is 4.42. The first-order valence-corrected chi connectivity index (χ1v) is 4.42. The molecule has 0 amide bonds. The SMILES string of the molecule is O=C(O)c1ccccc1[O-].[CH2-]CCC.[Zn+2]. The van der Waals surface area contributed by atoms with Crippen molar-refractivity contribution in [2.45, 2.75) is 19.8 Å². The molecule has 0 fully saturated rings. The van der Waals surface area contributed by atoms with E-state index in [1.54, 1.807) is 0 Å².